The lowest BCUT2D eigenvalue weighted by atomic mass is 10.2. The summed E-state index contributed by atoms with van der Waals surface area (Å²) >= 11 is 0. The highest BCUT2D eigenvalue weighted by Gasteiger charge is 2.25. The van der Waals surface area contributed by atoms with Gasteiger partial charge in [0.15, 0.2) is 0 Å². The van der Waals surface area contributed by atoms with E-state index in [4.69, 9.17) is 0 Å². The van der Waals surface area contributed by atoms with E-state index in [2.05, 4.69) is 25.3 Å². The highest BCUT2D eigenvalue weighted by molar-refractivity contribution is 5.94. The summed E-state index contributed by atoms with van der Waals surface area (Å²) in [6.45, 7) is 8.46. The van der Waals surface area contributed by atoms with Crippen molar-refractivity contribution in [1.82, 2.24) is 34.4 Å². The van der Waals surface area contributed by atoms with E-state index >= 15 is 0 Å². The fourth-order valence-electron chi connectivity index (χ4n) is 4.05. The van der Waals surface area contributed by atoms with Crippen LogP contribution >= 0.6 is 0 Å². The van der Waals surface area contributed by atoms with Crippen LogP contribution in [0.25, 0.3) is 5.78 Å². The number of rotatable bonds is 2. The fraction of sp³-hybridized carbons (Fsp3) is 0.476. The Morgan fingerprint density at radius 2 is 1.94 bits per heavy atom. The first kappa shape index (κ1) is 20.8. The van der Waals surface area contributed by atoms with Crippen LogP contribution < -0.4 is 10.2 Å². The molecule has 0 atom stereocenters. The van der Waals surface area contributed by atoms with E-state index in [1.54, 1.807) is 9.42 Å². The average molecular weight is 425 g/mol. The van der Waals surface area contributed by atoms with Gasteiger partial charge in [0.2, 0.25) is 5.91 Å². The molecule has 2 amide bonds. The summed E-state index contributed by atoms with van der Waals surface area (Å²) in [4.78, 5) is 38.3. The van der Waals surface area contributed by atoms with E-state index in [9.17, 15) is 9.59 Å². The molecule has 0 unspecified atom stereocenters. The van der Waals surface area contributed by atoms with Crippen LogP contribution in [0.15, 0.2) is 18.6 Å². The number of carbonyl (C=O) groups is 2. The number of aromatic nitrogens is 5. The summed E-state index contributed by atoms with van der Waals surface area (Å²) in [6.07, 6.45) is 3.66. The number of anilines is 1. The van der Waals surface area contributed by atoms with Crippen LogP contribution in [0.1, 0.15) is 33.7 Å². The van der Waals surface area contributed by atoms with E-state index in [0.717, 1.165) is 22.6 Å². The van der Waals surface area contributed by atoms with E-state index in [0.29, 0.717) is 44.2 Å². The molecule has 1 N–H and O–H groups in total. The molecule has 0 aliphatic carbocycles. The number of nitrogens with zero attached hydrogens (tertiary/aromatic N) is 7. The van der Waals surface area contributed by atoms with E-state index in [1.807, 2.05) is 44.6 Å². The molecule has 164 valence electrons. The number of aryl methyl sites for hydroxylation is 3. The van der Waals surface area contributed by atoms with Crippen molar-refractivity contribution in [3.63, 3.8) is 0 Å². The summed E-state index contributed by atoms with van der Waals surface area (Å²) in [7, 11) is 1.87. The molecular weight excluding hydrogens is 396 g/mol. The monoisotopic (exact) mass is 424 g/mol. The van der Waals surface area contributed by atoms with Gasteiger partial charge in [0.1, 0.15) is 17.8 Å². The van der Waals surface area contributed by atoms with E-state index in [1.165, 1.54) is 6.33 Å². The maximum atomic E-state index is 13.3. The van der Waals surface area contributed by atoms with Gasteiger partial charge in [0.05, 0.1) is 0 Å². The minimum atomic E-state index is -0.0631. The molecule has 10 nitrogen and oxygen atoms in total. The fourth-order valence-corrected chi connectivity index (χ4v) is 4.05. The minimum absolute atomic E-state index is 0.0585. The molecule has 3 aromatic heterocycles. The first-order valence-electron chi connectivity index (χ1n) is 10.5. The predicted molar refractivity (Wildman–Crippen MR) is 116 cm³/mol. The Bertz CT molecular complexity index is 1110. The maximum Gasteiger partial charge on any atom is 0.270 e. The van der Waals surface area contributed by atoms with Crippen molar-refractivity contribution >= 4 is 23.4 Å². The molecule has 0 aromatic carbocycles. The molecule has 3 aromatic rings. The van der Waals surface area contributed by atoms with Gasteiger partial charge in [-0.15, -0.1) is 0 Å². The molecule has 1 aliphatic heterocycles. The van der Waals surface area contributed by atoms with Gasteiger partial charge in [0, 0.05) is 63.6 Å². The lowest BCUT2D eigenvalue weighted by molar-refractivity contribution is -0.121. The Balaban J connectivity index is 1.67. The van der Waals surface area contributed by atoms with Crippen molar-refractivity contribution in [2.45, 2.75) is 27.2 Å². The zero-order chi connectivity index (χ0) is 22.1. The first-order chi connectivity index (χ1) is 14.9. The topological polar surface area (TPSA) is 101 Å². The molecule has 4 heterocycles. The maximum absolute atomic E-state index is 13.3. The molecule has 0 bridgehead atoms. The summed E-state index contributed by atoms with van der Waals surface area (Å²) < 4.78 is 3.56. The molecule has 0 spiro atoms. The molecule has 31 heavy (non-hydrogen) atoms. The number of nitrogens with one attached hydrogen (secondary N) is 1. The number of fused-ring (bicyclic) bond motifs is 1. The molecule has 4 rings (SSSR count). The highest BCUT2D eigenvalue weighted by Crippen LogP contribution is 2.22. The van der Waals surface area contributed by atoms with Gasteiger partial charge in [-0.3, -0.25) is 9.59 Å². The molecule has 0 saturated carbocycles. The van der Waals surface area contributed by atoms with E-state index in [-0.39, 0.29) is 18.2 Å². The third-order valence-electron chi connectivity index (χ3n) is 5.89. The second-order valence-electron chi connectivity index (χ2n) is 7.96. The van der Waals surface area contributed by atoms with Gasteiger partial charge in [-0.1, -0.05) is 0 Å². The van der Waals surface area contributed by atoms with Gasteiger partial charge >= 0.3 is 0 Å². The smallest absolute Gasteiger partial charge is 0.270 e. The van der Waals surface area contributed by atoms with Crippen LogP contribution in [0.2, 0.25) is 0 Å². The van der Waals surface area contributed by atoms with Crippen molar-refractivity contribution in [1.29, 1.82) is 0 Å². The lowest BCUT2D eigenvalue weighted by Gasteiger charge is -2.32. The van der Waals surface area contributed by atoms with Crippen LogP contribution in [0.5, 0.6) is 0 Å². The number of amides is 2. The summed E-state index contributed by atoms with van der Waals surface area (Å²) in [6, 6.07) is 1.93. The third-order valence-corrected chi connectivity index (χ3v) is 5.89. The van der Waals surface area contributed by atoms with E-state index < -0.39 is 0 Å². The lowest BCUT2D eigenvalue weighted by Crippen LogP contribution is -2.46. The second kappa shape index (κ2) is 8.37. The van der Waals surface area contributed by atoms with Crippen molar-refractivity contribution in [2.24, 2.45) is 7.05 Å². The summed E-state index contributed by atoms with van der Waals surface area (Å²) in [5.74, 6) is 1.30. The molecule has 1 saturated heterocycles. The Morgan fingerprint density at radius 1 is 1.13 bits per heavy atom. The van der Waals surface area contributed by atoms with Crippen LogP contribution in [-0.2, 0) is 11.8 Å². The van der Waals surface area contributed by atoms with Crippen LogP contribution in [0.4, 0.5) is 5.82 Å². The standard InChI is InChI=1S/C21H28N8O2/c1-14-5-8-26(4)18(14)20(31)28-9-6-17(30)22-7-10-27(11-12-28)19-15(2)16(3)25-21-23-13-24-29(19)21/h5,8,13H,6-7,9-12H2,1-4H3,(H,22,30). The van der Waals surface area contributed by atoms with Crippen LogP contribution in [0, 0.1) is 20.8 Å². The number of hydrogen-bond donors (Lipinski definition) is 1. The summed E-state index contributed by atoms with van der Waals surface area (Å²) in [5.41, 5.74) is 3.45. The normalized spacial score (nSPS) is 15.9. The van der Waals surface area contributed by atoms with Gasteiger partial charge in [0.25, 0.3) is 11.7 Å². The zero-order valence-corrected chi connectivity index (χ0v) is 18.4. The third kappa shape index (κ3) is 3.97. The highest BCUT2D eigenvalue weighted by atomic mass is 16.2. The molecule has 0 radical (unpaired) electrons. The van der Waals surface area contributed by atoms with Gasteiger partial charge in [-0.05, 0) is 32.4 Å². The van der Waals surface area contributed by atoms with Crippen molar-refractivity contribution in [3.8, 4) is 0 Å². The van der Waals surface area contributed by atoms with Crippen LogP contribution in [0.3, 0.4) is 0 Å². The Hall–Kier alpha value is -3.43. The Morgan fingerprint density at radius 3 is 2.68 bits per heavy atom. The minimum Gasteiger partial charge on any atom is -0.354 e. The summed E-state index contributed by atoms with van der Waals surface area (Å²) in [5, 5.41) is 7.32. The second-order valence-corrected chi connectivity index (χ2v) is 7.96. The Labute approximate surface area is 180 Å². The van der Waals surface area contributed by atoms with Crippen molar-refractivity contribution < 1.29 is 9.59 Å². The van der Waals surface area contributed by atoms with Gasteiger partial charge in [-0.25, -0.2) is 4.98 Å². The SMILES string of the molecule is Cc1ccn(C)c1C(=O)N1CCC(=O)NCCN(c2c(C)c(C)nc3ncnn23)CC1. The number of hydrogen-bond acceptors (Lipinski definition) is 6. The van der Waals surface area contributed by atoms with Crippen LogP contribution in [-0.4, -0.2) is 73.6 Å². The zero-order valence-electron chi connectivity index (χ0n) is 18.4. The van der Waals surface area contributed by atoms with Crippen molar-refractivity contribution in [3.05, 3.63) is 41.1 Å². The molecule has 1 aliphatic rings. The largest absolute Gasteiger partial charge is 0.354 e. The van der Waals surface area contributed by atoms with Gasteiger partial charge < -0.3 is 19.7 Å². The predicted octanol–water partition coefficient (Wildman–Crippen LogP) is 0.857. The molecule has 1 fully saturated rings. The quantitative estimate of drug-likeness (QED) is 0.655. The Kier molecular flexibility index (Phi) is 5.62. The van der Waals surface area contributed by atoms with Crippen molar-refractivity contribution in [2.75, 3.05) is 37.6 Å². The molecular formula is C21H28N8O2. The molecule has 10 heteroatoms. The average Bonchev–Trinajstić information content (AvgIpc) is 3.33. The van der Waals surface area contributed by atoms with Gasteiger partial charge in [-0.2, -0.15) is 14.6 Å². The number of carbonyl (C=O) groups excluding carboxylic acids is 2. The first-order valence-corrected chi connectivity index (χ1v) is 10.5.